The molecule has 0 saturated heterocycles. The van der Waals surface area contributed by atoms with Crippen LogP contribution in [0.3, 0.4) is 0 Å². The van der Waals surface area contributed by atoms with Gasteiger partial charge in [-0.1, -0.05) is 220 Å². The predicted molar refractivity (Wildman–Crippen MR) is 164 cm³/mol. The Balaban J connectivity index is 3.12. The molecule has 212 valence electrons. The van der Waals surface area contributed by atoms with Crippen LogP contribution in [0, 0.1) is 5.92 Å². The van der Waals surface area contributed by atoms with Crippen LogP contribution in [0.2, 0.25) is 0 Å². The summed E-state index contributed by atoms with van der Waals surface area (Å²) in [4.78, 5) is 0. The van der Waals surface area contributed by atoms with E-state index in [1.807, 2.05) is 0 Å². The molecule has 1 unspecified atom stereocenters. The van der Waals surface area contributed by atoms with Crippen molar-refractivity contribution in [3.63, 3.8) is 0 Å². The maximum atomic E-state index is 2.50. The van der Waals surface area contributed by atoms with Crippen LogP contribution in [0.1, 0.15) is 220 Å². The van der Waals surface area contributed by atoms with E-state index in [1.54, 1.807) is 0 Å². The molecule has 0 fully saturated rings. The number of rotatable bonds is 31. The van der Waals surface area contributed by atoms with Gasteiger partial charge in [-0.05, 0) is 5.92 Å². The highest BCUT2D eigenvalue weighted by Crippen LogP contribution is 2.19. The molecule has 0 N–H and O–H groups in total. The summed E-state index contributed by atoms with van der Waals surface area (Å²) >= 11 is 0. The Morgan fingerprint density at radius 1 is 0.257 bits per heavy atom. The van der Waals surface area contributed by atoms with Gasteiger partial charge in [-0.3, -0.25) is 0 Å². The Labute approximate surface area is 225 Å². The molecule has 0 aromatic heterocycles. The maximum absolute atomic E-state index is 2.50. The molecule has 1 atom stereocenters. The third-order valence-electron chi connectivity index (χ3n) is 8.35. The van der Waals surface area contributed by atoms with Crippen LogP contribution in [0.25, 0.3) is 0 Å². The molecular weight excluding hydrogens is 420 g/mol. The first kappa shape index (κ1) is 35.0. The van der Waals surface area contributed by atoms with Gasteiger partial charge in [-0.25, -0.2) is 0 Å². The van der Waals surface area contributed by atoms with E-state index in [9.17, 15) is 0 Å². The first-order valence-electron chi connectivity index (χ1n) is 17.3. The van der Waals surface area contributed by atoms with E-state index >= 15 is 0 Å². The minimum atomic E-state index is 0.967. The molecule has 0 radical (unpaired) electrons. The van der Waals surface area contributed by atoms with Gasteiger partial charge in [0.25, 0.3) is 0 Å². The van der Waals surface area contributed by atoms with Gasteiger partial charge in [0, 0.05) is 0 Å². The molecule has 0 bridgehead atoms. The lowest BCUT2D eigenvalue weighted by Gasteiger charge is -2.11. The van der Waals surface area contributed by atoms with Crippen molar-refractivity contribution in [2.24, 2.45) is 5.92 Å². The van der Waals surface area contributed by atoms with Gasteiger partial charge in [0.1, 0.15) is 0 Å². The highest BCUT2D eigenvalue weighted by Gasteiger charge is 2.02. The molecule has 0 heteroatoms. The smallest absolute Gasteiger partial charge is 0.0443 e. The zero-order chi connectivity index (χ0) is 25.5. The molecule has 0 saturated carbocycles. The summed E-state index contributed by atoms with van der Waals surface area (Å²) < 4.78 is 0. The van der Waals surface area contributed by atoms with E-state index in [4.69, 9.17) is 0 Å². The summed E-state index contributed by atoms with van der Waals surface area (Å²) in [6, 6.07) is 0. The van der Waals surface area contributed by atoms with Crippen molar-refractivity contribution in [3.8, 4) is 0 Å². The van der Waals surface area contributed by atoms with Crippen LogP contribution < -0.4 is 0 Å². The van der Waals surface area contributed by atoms with Gasteiger partial charge in [0.05, 0.1) is 0 Å². The average Bonchev–Trinajstić information content (AvgIpc) is 2.86. The first-order chi connectivity index (χ1) is 17.3. The summed E-state index contributed by atoms with van der Waals surface area (Å²) in [5.74, 6) is 0.967. The number of hydrogen-bond donors (Lipinski definition) is 0. The second-order valence-corrected chi connectivity index (χ2v) is 12.2. The van der Waals surface area contributed by atoms with Crippen molar-refractivity contribution < 1.29 is 0 Å². The quantitative estimate of drug-likeness (QED) is 0.0844. The molecular formula is C35H72. The van der Waals surface area contributed by atoms with Gasteiger partial charge in [0.2, 0.25) is 0 Å². The van der Waals surface area contributed by atoms with E-state index in [1.165, 1.54) is 199 Å². The van der Waals surface area contributed by atoms with Crippen LogP contribution in [0.4, 0.5) is 0 Å². The lowest BCUT2D eigenvalue weighted by molar-refractivity contribution is 0.429. The Kier molecular flexibility index (Phi) is 32.0. The number of hydrogen-bond acceptors (Lipinski definition) is 0. The first-order valence-corrected chi connectivity index (χ1v) is 17.3. The predicted octanol–water partition coefficient (Wildman–Crippen LogP) is 13.8. The van der Waals surface area contributed by atoms with Crippen molar-refractivity contribution in [1.82, 2.24) is 0 Å². The molecule has 35 heavy (non-hydrogen) atoms. The Morgan fingerprint density at radius 2 is 0.429 bits per heavy atom. The fraction of sp³-hybridized carbons (Fsp3) is 1.00. The fourth-order valence-electron chi connectivity index (χ4n) is 5.70. The van der Waals surface area contributed by atoms with Gasteiger partial charge >= 0.3 is 0 Å². The Bertz CT molecular complexity index is 346. The van der Waals surface area contributed by atoms with Gasteiger partial charge in [-0.15, -0.1) is 0 Å². The summed E-state index contributed by atoms with van der Waals surface area (Å²) in [6.45, 7) is 7.12. The van der Waals surface area contributed by atoms with E-state index < -0.39 is 0 Å². The van der Waals surface area contributed by atoms with E-state index in [0.29, 0.717) is 0 Å². The maximum Gasteiger partial charge on any atom is -0.0443 e. The summed E-state index contributed by atoms with van der Waals surface area (Å²) in [6.07, 6.45) is 45.7. The van der Waals surface area contributed by atoms with Crippen molar-refractivity contribution in [3.05, 3.63) is 0 Å². The topological polar surface area (TPSA) is 0 Å². The molecule has 0 aliphatic carbocycles. The summed E-state index contributed by atoms with van der Waals surface area (Å²) in [5, 5.41) is 0. The van der Waals surface area contributed by atoms with Crippen molar-refractivity contribution in [1.29, 1.82) is 0 Å². The molecule has 0 amide bonds. The molecule has 0 rings (SSSR count). The van der Waals surface area contributed by atoms with Crippen LogP contribution >= 0.6 is 0 Å². The van der Waals surface area contributed by atoms with Crippen LogP contribution in [-0.2, 0) is 0 Å². The minimum Gasteiger partial charge on any atom is -0.0654 e. The molecule has 0 aromatic carbocycles. The Morgan fingerprint density at radius 3 is 0.629 bits per heavy atom. The van der Waals surface area contributed by atoms with E-state index in [2.05, 4.69) is 20.8 Å². The third-order valence-corrected chi connectivity index (χ3v) is 8.35. The Hall–Kier alpha value is 0. The summed E-state index contributed by atoms with van der Waals surface area (Å²) in [7, 11) is 0. The molecule has 0 spiro atoms. The fourth-order valence-corrected chi connectivity index (χ4v) is 5.70. The van der Waals surface area contributed by atoms with Gasteiger partial charge < -0.3 is 0 Å². The SMILES string of the molecule is CCCCCCCCCCCCCCCCCCCCC(C)CCCCCCCCCCCCC. The van der Waals surface area contributed by atoms with Gasteiger partial charge in [-0.2, -0.15) is 0 Å². The van der Waals surface area contributed by atoms with E-state index in [0.717, 1.165) is 5.92 Å². The van der Waals surface area contributed by atoms with Gasteiger partial charge in [0.15, 0.2) is 0 Å². The van der Waals surface area contributed by atoms with Crippen molar-refractivity contribution >= 4 is 0 Å². The largest absolute Gasteiger partial charge is 0.0654 e. The highest BCUT2D eigenvalue weighted by molar-refractivity contribution is 4.56. The highest BCUT2D eigenvalue weighted by atomic mass is 14.1. The second kappa shape index (κ2) is 32.0. The zero-order valence-electron chi connectivity index (χ0n) is 25.5. The third kappa shape index (κ3) is 32.0. The monoisotopic (exact) mass is 493 g/mol. The molecule has 0 heterocycles. The molecule has 0 aliphatic rings. The minimum absolute atomic E-state index is 0.967. The zero-order valence-corrected chi connectivity index (χ0v) is 25.5. The van der Waals surface area contributed by atoms with Crippen LogP contribution in [0.15, 0.2) is 0 Å². The average molecular weight is 493 g/mol. The standard InChI is InChI=1S/C35H72/c1-4-6-8-10-12-14-16-17-18-19-20-21-22-24-26-28-30-32-34-35(3)33-31-29-27-25-23-15-13-11-9-7-5-2/h35H,4-34H2,1-3H3. The lowest BCUT2D eigenvalue weighted by Crippen LogP contribution is -1.95. The number of unbranched alkanes of at least 4 members (excludes halogenated alkanes) is 27. The summed E-state index contributed by atoms with van der Waals surface area (Å²) in [5.41, 5.74) is 0. The van der Waals surface area contributed by atoms with E-state index in [-0.39, 0.29) is 0 Å². The second-order valence-electron chi connectivity index (χ2n) is 12.2. The van der Waals surface area contributed by atoms with Crippen molar-refractivity contribution in [2.75, 3.05) is 0 Å². The normalized spacial score (nSPS) is 12.4. The van der Waals surface area contributed by atoms with Crippen LogP contribution in [-0.4, -0.2) is 0 Å². The molecule has 0 aliphatic heterocycles. The molecule has 0 aromatic rings. The molecule has 0 nitrogen and oxygen atoms in total. The van der Waals surface area contributed by atoms with Crippen LogP contribution in [0.5, 0.6) is 0 Å². The lowest BCUT2D eigenvalue weighted by atomic mass is 9.95. The van der Waals surface area contributed by atoms with Crippen molar-refractivity contribution in [2.45, 2.75) is 220 Å².